The van der Waals surface area contributed by atoms with E-state index < -0.39 is 5.54 Å². The van der Waals surface area contributed by atoms with Gasteiger partial charge in [-0.3, -0.25) is 4.79 Å². The molecule has 2 N–H and O–H groups in total. The van der Waals surface area contributed by atoms with Gasteiger partial charge in [-0.05, 0) is 13.8 Å². The molecule has 0 saturated carbocycles. The molecule has 0 bridgehead atoms. The van der Waals surface area contributed by atoms with E-state index in [0.29, 0.717) is 13.2 Å². The average Bonchev–Trinajstić information content (AvgIpc) is 1.74. The zero-order valence-electron chi connectivity index (χ0n) is 7.50. The molecule has 4 nitrogen and oxygen atoms in total. The Kier molecular flexibility index (Phi) is 2.69. The largest absolute Gasteiger partial charge is 0.457 e. The van der Waals surface area contributed by atoms with Crippen molar-refractivity contribution in [2.45, 2.75) is 31.9 Å². The summed E-state index contributed by atoms with van der Waals surface area (Å²) in [7, 11) is 0. The summed E-state index contributed by atoms with van der Waals surface area (Å²) in [6.07, 6.45) is 0.212. The number of ether oxygens (including phenoxy) is 2. The van der Waals surface area contributed by atoms with Gasteiger partial charge in [0.1, 0.15) is 6.10 Å². The first-order valence-corrected chi connectivity index (χ1v) is 4.03. The van der Waals surface area contributed by atoms with Gasteiger partial charge < -0.3 is 15.2 Å². The number of carbonyl (C=O) groups excluding carboxylic acids is 1. The summed E-state index contributed by atoms with van der Waals surface area (Å²) < 4.78 is 9.88. The third-order valence-corrected chi connectivity index (χ3v) is 1.51. The van der Waals surface area contributed by atoms with E-state index in [1.54, 1.807) is 13.8 Å². The van der Waals surface area contributed by atoms with Crippen LogP contribution in [0.5, 0.6) is 0 Å². The van der Waals surface area contributed by atoms with Crippen molar-refractivity contribution in [1.82, 2.24) is 0 Å². The molecule has 0 radical (unpaired) electrons. The molecule has 4 heteroatoms. The first-order valence-electron chi connectivity index (χ1n) is 4.03. The van der Waals surface area contributed by atoms with Crippen LogP contribution < -0.4 is 5.73 Å². The van der Waals surface area contributed by atoms with Crippen molar-refractivity contribution in [3.63, 3.8) is 0 Å². The maximum atomic E-state index is 11.1. The molecule has 0 amide bonds. The number of hydrogen-bond acceptors (Lipinski definition) is 4. The van der Waals surface area contributed by atoms with Crippen LogP contribution in [-0.2, 0) is 14.3 Å². The topological polar surface area (TPSA) is 61.6 Å². The number of hydrogen-bond donors (Lipinski definition) is 1. The van der Waals surface area contributed by atoms with Crippen molar-refractivity contribution in [1.29, 1.82) is 0 Å². The molecule has 1 rings (SSSR count). The van der Waals surface area contributed by atoms with Gasteiger partial charge in [0.25, 0.3) is 0 Å². The Morgan fingerprint density at radius 2 is 2.25 bits per heavy atom. The SMILES string of the molecule is CC(C)(N)CC(=O)OC1COC1. The average molecular weight is 173 g/mol. The molecule has 0 unspecified atom stereocenters. The zero-order chi connectivity index (χ0) is 9.19. The molecule has 1 fully saturated rings. The number of esters is 1. The first kappa shape index (κ1) is 9.48. The minimum Gasteiger partial charge on any atom is -0.457 e. The fourth-order valence-electron chi connectivity index (χ4n) is 0.882. The zero-order valence-corrected chi connectivity index (χ0v) is 7.50. The minimum atomic E-state index is -0.484. The number of carbonyl (C=O) groups is 1. The van der Waals surface area contributed by atoms with E-state index in [1.807, 2.05) is 0 Å². The van der Waals surface area contributed by atoms with Gasteiger partial charge >= 0.3 is 5.97 Å². The summed E-state index contributed by atoms with van der Waals surface area (Å²) in [5, 5.41) is 0. The Morgan fingerprint density at radius 1 is 1.67 bits per heavy atom. The van der Waals surface area contributed by atoms with E-state index in [2.05, 4.69) is 0 Å². The molecule has 1 heterocycles. The van der Waals surface area contributed by atoms with Gasteiger partial charge in [0.15, 0.2) is 0 Å². The molecule has 1 aliphatic heterocycles. The predicted molar refractivity (Wildman–Crippen MR) is 43.6 cm³/mol. The highest BCUT2D eigenvalue weighted by molar-refractivity contribution is 5.71. The summed E-state index contributed by atoms with van der Waals surface area (Å²) in [4.78, 5) is 11.1. The fraction of sp³-hybridized carbons (Fsp3) is 0.875. The Hall–Kier alpha value is -0.610. The molecule has 0 atom stereocenters. The van der Waals surface area contributed by atoms with Crippen molar-refractivity contribution in [2.75, 3.05) is 13.2 Å². The van der Waals surface area contributed by atoms with E-state index in [0.717, 1.165) is 0 Å². The Bertz CT molecular complexity index is 170. The standard InChI is InChI=1S/C8H15NO3/c1-8(2,9)3-7(10)12-6-4-11-5-6/h6H,3-5,9H2,1-2H3. The quantitative estimate of drug-likeness (QED) is 0.613. The second-order valence-electron chi connectivity index (χ2n) is 3.81. The maximum absolute atomic E-state index is 11.1. The highest BCUT2D eigenvalue weighted by Crippen LogP contribution is 2.10. The summed E-state index contributed by atoms with van der Waals surface area (Å²) in [6, 6.07) is 0. The molecule has 0 aromatic carbocycles. The van der Waals surface area contributed by atoms with E-state index in [4.69, 9.17) is 15.2 Å². The Labute approximate surface area is 72.0 Å². The van der Waals surface area contributed by atoms with Crippen molar-refractivity contribution < 1.29 is 14.3 Å². The molecule has 70 valence electrons. The predicted octanol–water partition coefficient (Wildman–Crippen LogP) is 0.0558. The first-order chi connectivity index (χ1) is 5.47. The molecule has 0 aliphatic carbocycles. The van der Waals surface area contributed by atoms with Gasteiger partial charge in [-0.2, -0.15) is 0 Å². The van der Waals surface area contributed by atoms with Crippen LogP contribution in [-0.4, -0.2) is 30.8 Å². The van der Waals surface area contributed by atoms with Crippen LogP contribution in [0.3, 0.4) is 0 Å². The van der Waals surface area contributed by atoms with Crippen LogP contribution >= 0.6 is 0 Å². The van der Waals surface area contributed by atoms with Crippen LogP contribution in [0.1, 0.15) is 20.3 Å². The van der Waals surface area contributed by atoms with Crippen LogP contribution in [0, 0.1) is 0 Å². The lowest BCUT2D eigenvalue weighted by molar-refractivity contribution is -0.173. The van der Waals surface area contributed by atoms with Gasteiger partial charge in [-0.25, -0.2) is 0 Å². The summed E-state index contributed by atoms with van der Waals surface area (Å²) in [5.41, 5.74) is 5.16. The molecular weight excluding hydrogens is 158 g/mol. The molecule has 12 heavy (non-hydrogen) atoms. The van der Waals surface area contributed by atoms with Crippen molar-refractivity contribution in [3.8, 4) is 0 Å². The lowest BCUT2D eigenvalue weighted by atomic mass is 10.0. The van der Waals surface area contributed by atoms with Crippen molar-refractivity contribution in [2.24, 2.45) is 5.73 Å². The maximum Gasteiger partial charge on any atom is 0.308 e. The Morgan fingerprint density at radius 3 is 2.58 bits per heavy atom. The summed E-state index contributed by atoms with van der Waals surface area (Å²) >= 11 is 0. The van der Waals surface area contributed by atoms with Crippen LogP contribution in [0.25, 0.3) is 0 Å². The van der Waals surface area contributed by atoms with Gasteiger partial charge in [0, 0.05) is 5.54 Å². The van der Waals surface area contributed by atoms with Gasteiger partial charge in [-0.15, -0.1) is 0 Å². The Balaban J connectivity index is 2.19. The molecule has 0 spiro atoms. The second-order valence-corrected chi connectivity index (χ2v) is 3.81. The summed E-state index contributed by atoms with van der Waals surface area (Å²) in [5.74, 6) is -0.240. The van der Waals surface area contributed by atoms with E-state index in [-0.39, 0.29) is 18.5 Å². The van der Waals surface area contributed by atoms with Gasteiger partial charge in [-0.1, -0.05) is 0 Å². The second kappa shape index (κ2) is 3.41. The van der Waals surface area contributed by atoms with Crippen LogP contribution in [0.2, 0.25) is 0 Å². The van der Waals surface area contributed by atoms with E-state index >= 15 is 0 Å². The molecule has 1 saturated heterocycles. The van der Waals surface area contributed by atoms with E-state index in [1.165, 1.54) is 0 Å². The van der Waals surface area contributed by atoms with Gasteiger partial charge in [0.05, 0.1) is 19.6 Å². The molecule has 0 aromatic heterocycles. The normalized spacial score (nSPS) is 18.6. The monoisotopic (exact) mass is 173 g/mol. The number of nitrogens with two attached hydrogens (primary N) is 1. The molecule has 1 aliphatic rings. The highest BCUT2D eigenvalue weighted by Gasteiger charge is 2.25. The van der Waals surface area contributed by atoms with Crippen molar-refractivity contribution >= 4 is 5.97 Å². The lowest BCUT2D eigenvalue weighted by Crippen LogP contribution is -2.41. The minimum absolute atomic E-state index is 0.0418. The van der Waals surface area contributed by atoms with Crippen LogP contribution in [0.15, 0.2) is 0 Å². The highest BCUT2D eigenvalue weighted by atomic mass is 16.6. The molecule has 0 aromatic rings. The van der Waals surface area contributed by atoms with Gasteiger partial charge in [0.2, 0.25) is 0 Å². The third-order valence-electron chi connectivity index (χ3n) is 1.51. The lowest BCUT2D eigenvalue weighted by Gasteiger charge is -2.27. The van der Waals surface area contributed by atoms with Crippen LogP contribution in [0.4, 0.5) is 0 Å². The molecular formula is C8H15NO3. The fourth-order valence-corrected chi connectivity index (χ4v) is 0.882. The van der Waals surface area contributed by atoms with Crippen molar-refractivity contribution in [3.05, 3.63) is 0 Å². The van der Waals surface area contributed by atoms with E-state index in [9.17, 15) is 4.79 Å². The third kappa shape index (κ3) is 3.19. The number of rotatable bonds is 3. The smallest absolute Gasteiger partial charge is 0.308 e. The summed E-state index contributed by atoms with van der Waals surface area (Å²) in [6.45, 7) is 4.64.